The summed E-state index contributed by atoms with van der Waals surface area (Å²) in [5.41, 5.74) is 1.30. The number of rotatable bonds is 3. The van der Waals surface area contributed by atoms with Gasteiger partial charge in [0, 0.05) is 16.8 Å². The number of nitrogens with one attached hydrogen (secondary N) is 1. The number of halogens is 1. The van der Waals surface area contributed by atoms with Crippen LogP contribution in [0.3, 0.4) is 0 Å². The zero-order chi connectivity index (χ0) is 14.7. The third-order valence-corrected chi connectivity index (χ3v) is 3.14. The van der Waals surface area contributed by atoms with E-state index in [4.69, 9.17) is 16.7 Å². The standard InChI is InChI=1S/C14H11ClN2O3/c1-8-6-9(2-3-11(8)15)13(18)17-12-7-16-5-4-10(12)14(19)20/h2-7H,1H3,(H,17,18)(H,19,20). The maximum Gasteiger partial charge on any atom is 0.337 e. The highest BCUT2D eigenvalue weighted by Gasteiger charge is 2.13. The van der Waals surface area contributed by atoms with Gasteiger partial charge in [0.15, 0.2) is 0 Å². The number of anilines is 1. The lowest BCUT2D eigenvalue weighted by Gasteiger charge is -2.08. The highest BCUT2D eigenvalue weighted by Crippen LogP contribution is 2.18. The number of carboxylic acid groups (broad SMARTS) is 1. The predicted molar refractivity (Wildman–Crippen MR) is 75.3 cm³/mol. The van der Waals surface area contributed by atoms with Gasteiger partial charge in [-0.1, -0.05) is 11.6 Å². The van der Waals surface area contributed by atoms with E-state index in [1.54, 1.807) is 25.1 Å². The van der Waals surface area contributed by atoms with Crippen LogP contribution in [-0.2, 0) is 0 Å². The van der Waals surface area contributed by atoms with Gasteiger partial charge in [0.25, 0.3) is 5.91 Å². The number of hydrogen-bond donors (Lipinski definition) is 2. The lowest BCUT2D eigenvalue weighted by Crippen LogP contribution is -2.15. The Balaban J connectivity index is 2.28. The number of aromatic carboxylic acids is 1. The second kappa shape index (κ2) is 5.71. The van der Waals surface area contributed by atoms with Crippen molar-refractivity contribution < 1.29 is 14.7 Å². The summed E-state index contributed by atoms with van der Waals surface area (Å²) in [6, 6.07) is 6.15. The summed E-state index contributed by atoms with van der Waals surface area (Å²) in [5, 5.41) is 12.1. The zero-order valence-corrected chi connectivity index (χ0v) is 11.3. The maximum absolute atomic E-state index is 12.1. The molecule has 0 fully saturated rings. The molecule has 1 aromatic heterocycles. The van der Waals surface area contributed by atoms with Gasteiger partial charge in [-0.3, -0.25) is 9.78 Å². The first-order valence-corrected chi connectivity index (χ1v) is 6.11. The molecule has 0 spiro atoms. The summed E-state index contributed by atoms with van der Waals surface area (Å²) in [5.74, 6) is -1.55. The molecule has 20 heavy (non-hydrogen) atoms. The van der Waals surface area contributed by atoms with E-state index in [0.717, 1.165) is 5.56 Å². The van der Waals surface area contributed by atoms with Gasteiger partial charge in [0.1, 0.15) is 0 Å². The van der Waals surface area contributed by atoms with E-state index in [2.05, 4.69) is 10.3 Å². The van der Waals surface area contributed by atoms with Crippen molar-refractivity contribution in [2.24, 2.45) is 0 Å². The van der Waals surface area contributed by atoms with Crippen molar-refractivity contribution in [3.8, 4) is 0 Å². The van der Waals surface area contributed by atoms with Crippen molar-refractivity contribution in [3.05, 3.63) is 58.4 Å². The molecule has 1 heterocycles. The van der Waals surface area contributed by atoms with Crippen molar-refractivity contribution in [2.75, 3.05) is 5.32 Å². The van der Waals surface area contributed by atoms with Crippen LogP contribution in [0.15, 0.2) is 36.7 Å². The molecule has 5 nitrogen and oxygen atoms in total. The fourth-order valence-corrected chi connectivity index (χ4v) is 1.78. The van der Waals surface area contributed by atoms with Gasteiger partial charge >= 0.3 is 5.97 Å². The Morgan fingerprint density at radius 1 is 1.30 bits per heavy atom. The second-order valence-corrected chi connectivity index (χ2v) is 4.55. The zero-order valence-electron chi connectivity index (χ0n) is 10.6. The maximum atomic E-state index is 12.1. The Labute approximate surface area is 120 Å². The van der Waals surface area contributed by atoms with Crippen LogP contribution in [0.25, 0.3) is 0 Å². The number of carbonyl (C=O) groups is 2. The van der Waals surface area contributed by atoms with Gasteiger partial charge in [0.2, 0.25) is 0 Å². The SMILES string of the molecule is Cc1cc(C(=O)Nc2cnccc2C(=O)O)ccc1Cl. The van der Waals surface area contributed by atoms with E-state index in [0.29, 0.717) is 10.6 Å². The number of hydrogen-bond acceptors (Lipinski definition) is 3. The fourth-order valence-electron chi connectivity index (χ4n) is 1.66. The van der Waals surface area contributed by atoms with Crippen molar-refractivity contribution >= 4 is 29.2 Å². The van der Waals surface area contributed by atoms with Crippen molar-refractivity contribution in [2.45, 2.75) is 6.92 Å². The third kappa shape index (κ3) is 2.95. The number of nitrogens with zero attached hydrogens (tertiary/aromatic N) is 1. The summed E-state index contributed by atoms with van der Waals surface area (Å²) >= 11 is 5.89. The molecule has 2 N–H and O–H groups in total. The molecule has 2 rings (SSSR count). The molecule has 102 valence electrons. The Hall–Kier alpha value is -2.40. The lowest BCUT2D eigenvalue weighted by atomic mass is 10.1. The first-order valence-electron chi connectivity index (χ1n) is 5.74. The Morgan fingerprint density at radius 2 is 2.05 bits per heavy atom. The van der Waals surface area contributed by atoms with Crippen LogP contribution in [0, 0.1) is 6.92 Å². The highest BCUT2D eigenvalue weighted by molar-refractivity contribution is 6.31. The van der Waals surface area contributed by atoms with Crippen molar-refractivity contribution in [3.63, 3.8) is 0 Å². The molecule has 0 aliphatic rings. The molecule has 0 unspecified atom stereocenters. The smallest absolute Gasteiger partial charge is 0.337 e. The Bertz CT molecular complexity index is 686. The normalized spacial score (nSPS) is 10.1. The van der Waals surface area contributed by atoms with Crippen LogP contribution in [-0.4, -0.2) is 22.0 Å². The molecule has 0 atom stereocenters. The monoisotopic (exact) mass is 290 g/mol. The van der Waals surface area contributed by atoms with Gasteiger partial charge in [-0.05, 0) is 36.8 Å². The minimum absolute atomic E-state index is 0.0148. The number of amides is 1. The summed E-state index contributed by atoms with van der Waals surface area (Å²) < 4.78 is 0. The molecule has 0 aliphatic carbocycles. The summed E-state index contributed by atoms with van der Waals surface area (Å²) in [6.07, 6.45) is 2.65. The molecule has 1 amide bonds. The molecular formula is C14H11ClN2O3. The van der Waals surface area contributed by atoms with Crippen molar-refractivity contribution in [1.29, 1.82) is 0 Å². The van der Waals surface area contributed by atoms with E-state index in [1.807, 2.05) is 0 Å². The Kier molecular flexibility index (Phi) is 4.00. The van der Waals surface area contributed by atoms with Crippen molar-refractivity contribution in [1.82, 2.24) is 4.98 Å². The van der Waals surface area contributed by atoms with Crippen LogP contribution < -0.4 is 5.32 Å². The quantitative estimate of drug-likeness (QED) is 0.911. The Morgan fingerprint density at radius 3 is 2.70 bits per heavy atom. The van der Waals surface area contributed by atoms with Gasteiger partial charge in [0.05, 0.1) is 17.4 Å². The molecule has 0 aliphatic heterocycles. The molecule has 0 bridgehead atoms. The average Bonchev–Trinajstić information content (AvgIpc) is 2.42. The van der Waals surface area contributed by atoms with Gasteiger partial charge in [-0.15, -0.1) is 0 Å². The molecular weight excluding hydrogens is 280 g/mol. The summed E-state index contributed by atoms with van der Waals surface area (Å²) in [4.78, 5) is 26.9. The minimum atomic E-state index is -1.13. The number of aromatic nitrogens is 1. The molecule has 1 aromatic carbocycles. The van der Waals surface area contributed by atoms with E-state index < -0.39 is 11.9 Å². The molecule has 6 heteroatoms. The lowest BCUT2D eigenvalue weighted by molar-refractivity contribution is 0.0698. The van der Waals surface area contributed by atoms with E-state index in [9.17, 15) is 9.59 Å². The van der Waals surface area contributed by atoms with Gasteiger partial charge < -0.3 is 10.4 Å². The van der Waals surface area contributed by atoms with Gasteiger partial charge in [-0.25, -0.2) is 4.79 Å². The third-order valence-electron chi connectivity index (χ3n) is 2.72. The van der Waals surface area contributed by atoms with E-state index in [1.165, 1.54) is 18.5 Å². The van der Waals surface area contributed by atoms with Crippen LogP contribution in [0.4, 0.5) is 5.69 Å². The van der Waals surface area contributed by atoms with Crippen LogP contribution in [0.1, 0.15) is 26.3 Å². The summed E-state index contributed by atoms with van der Waals surface area (Å²) in [7, 11) is 0. The largest absolute Gasteiger partial charge is 0.478 e. The highest BCUT2D eigenvalue weighted by atomic mass is 35.5. The number of benzene rings is 1. The topological polar surface area (TPSA) is 79.3 Å². The number of carboxylic acids is 1. The molecule has 0 radical (unpaired) electrons. The fraction of sp³-hybridized carbons (Fsp3) is 0.0714. The number of aryl methyl sites for hydroxylation is 1. The molecule has 0 saturated heterocycles. The average molecular weight is 291 g/mol. The first kappa shape index (κ1) is 14.0. The first-order chi connectivity index (χ1) is 9.49. The second-order valence-electron chi connectivity index (χ2n) is 4.14. The molecule has 2 aromatic rings. The molecule has 0 saturated carbocycles. The number of carbonyl (C=O) groups excluding carboxylic acids is 1. The minimum Gasteiger partial charge on any atom is -0.478 e. The summed E-state index contributed by atoms with van der Waals surface area (Å²) in [6.45, 7) is 1.78. The van der Waals surface area contributed by atoms with Crippen LogP contribution >= 0.6 is 11.6 Å². The van der Waals surface area contributed by atoms with Crippen LogP contribution in [0.5, 0.6) is 0 Å². The van der Waals surface area contributed by atoms with Crippen LogP contribution in [0.2, 0.25) is 5.02 Å². The number of pyridine rings is 1. The van der Waals surface area contributed by atoms with E-state index >= 15 is 0 Å². The van der Waals surface area contributed by atoms with Gasteiger partial charge in [-0.2, -0.15) is 0 Å². The predicted octanol–water partition coefficient (Wildman–Crippen LogP) is 2.99. The van der Waals surface area contributed by atoms with E-state index in [-0.39, 0.29) is 11.3 Å².